The summed E-state index contributed by atoms with van der Waals surface area (Å²) in [7, 11) is 0. The van der Waals surface area contributed by atoms with Crippen LogP contribution in [0.25, 0.3) is 0 Å². The Morgan fingerprint density at radius 1 is 1.33 bits per heavy atom. The minimum absolute atomic E-state index is 0.188. The van der Waals surface area contributed by atoms with Crippen molar-refractivity contribution < 1.29 is 14.3 Å². The molecule has 0 atom stereocenters. The van der Waals surface area contributed by atoms with Crippen LogP contribution >= 0.6 is 11.6 Å². The predicted molar refractivity (Wildman–Crippen MR) is 43.0 cm³/mol. The van der Waals surface area contributed by atoms with Crippen LogP contribution in [0.3, 0.4) is 0 Å². The third-order valence-electron chi connectivity index (χ3n) is 1.62. The summed E-state index contributed by atoms with van der Waals surface area (Å²) in [6, 6.07) is 3.14. The maximum atomic E-state index is 10.4. The van der Waals surface area contributed by atoms with Crippen molar-refractivity contribution >= 4 is 17.9 Å². The second-order valence-corrected chi connectivity index (χ2v) is 2.75. The van der Waals surface area contributed by atoms with E-state index in [0.29, 0.717) is 28.4 Å². The molecular formula is C8H5ClO3. The first-order chi connectivity index (χ1) is 5.81. The Balaban J connectivity index is 2.56. The SMILES string of the molecule is O=Cc1cc2c(cc1Cl)OCO2. The molecule has 3 nitrogen and oxygen atoms in total. The molecule has 0 radical (unpaired) electrons. The van der Waals surface area contributed by atoms with Gasteiger partial charge in [0.1, 0.15) is 0 Å². The maximum absolute atomic E-state index is 10.4. The van der Waals surface area contributed by atoms with Crippen LogP contribution in [0.2, 0.25) is 5.02 Å². The van der Waals surface area contributed by atoms with E-state index in [9.17, 15) is 4.79 Å². The van der Waals surface area contributed by atoms with E-state index in [1.807, 2.05) is 0 Å². The second kappa shape index (κ2) is 2.68. The normalized spacial score (nSPS) is 13.1. The first-order valence-corrected chi connectivity index (χ1v) is 3.73. The molecule has 0 saturated carbocycles. The lowest BCUT2D eigenvalue weighted by atomic mass is 10.2. The molecule has 0 fully saturated rings. The molecule has 0 saturated heterocycles. The van der Waals surface area contributed by atoms with Gasteiger partial charge in [0.05, 0.1) is 5.02 Å². The van der Waals surface area contributed by atoms with Gasteiger partial charge in [-0.1, -0.05) is 11.6 Å². The molecule has 1 aliphatic heterocycles. The fourth-order valence-corrected chi connectivity index (χ4v) is 1.22. The van der Waals surface area contributed by atoms with E-state index in [1.165, 1.54) is 0 Å². The summed E-state index contributed by atoms with van der Waals surface area (Å²) in [5, 5.41) is 0.384. The van der Waals surface area contributed by atoms with Gasteiger partial charge in [-0.3, -0.25) is 4.79 Å². The van der Waals surface area contributed by atoms with Crippen molar-refractivity contribution in [2.45, 2.75) is 0 Å². The Morgan fingerprint density at radius 2 is 2.00 bits per heavy atom. The van der Waals surface area contributed by atoms with Crippen molar-refractivity contribution in [2.75, 3.05) is 6.79 Å². The third-order valence-corrected chi connectivity index (χ3v) is 1.95. The molecule has 0 aromatic heterocycles. The Kier molecular flexibility index (Phi) is 1.66. The standard InChI is InChI=1S/C8H5ClO3/c9-6-2-8-7(11-4-12-8)1-5(6)3-10/h1-3H,4H2. The number of aldehydes is 1. The summed E-state index contributed by atoms with van der Waals surface area (Å²) in [6.07, 6.45) is 0.685. The monoisotopic (exact) mass is 184 g/mol. The largest absolute Gasteiger partial charge is 0.454 e. The maximum Gasteiger partial charge on any atom is 0.231 e. The Bertz CT molecular complexity index is 335. The molecule has 0 aliphatic carbocycles. The fraction of sp³-hybridized carbons (Fsp3) is 0.125. The van der Waals surface area contributed by atoms with Gasteiger partial charge in [-0.25, -0.2) is 0 Å². The average molecular weight is 185 g/mol. The van der Waals surface area contributed by atoms with Crippen LogP contribution < -0.4 is 9.47 Å². The highest BCUT2D eigenvalue weighted by atomic mass is 35.5. The Hall–Kier alpha value is -1.22. The molecule has 2 rings (SSSR count). The topological polar surface area (TPSA) is 35.5 Å². The van der Waals surface area contributed by atoms with Crippen molar-refractivity contribution in [3.05, 3.63) is 22.7 Å². The Labute approximate surface area is 73.8 Å². The highest BCUT2D eigenvalue weighted by Crippen LogP contribution is 2.35. The van der Waals surface area contributed by atoms with Gasteiger partial charge >= 0.3 is 0 Å². The van der Waals surface area contributed by atoms with Gasteiger partial charge < -0.3 is 9.47 Å². The molecule has 0 unspecified atom stereocenters. The van der Waals surface area contributed by atoms with Crippen LogP contribution in [-0.2, 0) is 0 Å². The molecule has 1 aliphatic rings. The number of hydrogen-bond donors (Lipinski definition) is 0. The van der Waals surface area contributed by atoms with Crippen molar-refractivity contribution in [3.63, 3.8) is 0 Å². The van der Waals surface area contributed by atoms with E-state index < -0.39 is 0 Å². The number of rotatable bonds is 1. The zero-order chi connectivity index (χ0) is 8.55. The quantitative estimate of drug-likeness (QED) is 0.626. The number of hydrogen-bond acceptors (Lipinski definition) is 3. The van der Waals surface area contributed by atoms with Gasteiger partial charge in [-0.15, -0.1) is 0 Å². The van der Waals surface area contributed by atoms with Crippen molar-refractivity contribution in [2.24, 2.45) is 0 Å². The van der Waals surface area contributed by atoms with Gasteiger partial charge in [-0.05, 0) is 6.07 Å². The summed E-state index contributed by atoms with van der Waals surface area (Å²) in [6.45, 7) is 0.188. The smallest absolute Gasteiger partial charge is 0.231 e. The number of carbonyl (C=O) groups excluding carboxylic acids is 1. The number of ether oxygens (including phenoxy) is 2. The molecule has 12 heavy (non-hydrogen) atoms. The second-order valence-electron chi connectivity index (χ2n) is 2.34. The van der Waals surface area contributed by atoms with Gasteiger partial charge in [0.2, 0.25) is 6.79 Å². The van der Waals surface area contributed by atoms with E-state index in [2.05, 4.69) is 0 Å². The van der Waals surface area contributed by atoms with E-state index >= 15 is 0 Å². The number of carbonyl (C=O) groups is 1. The molecule has 1 heterocycles. The van der Waals surface area contributed by atoms with E-state index in [0.717, 1.165) is 0 Å². The predicted octanol–water partition coefficient (Wildman–Crippen LogP) is 1.88. The minimum atomic E-state index is 0.188. The molecule has 62 valence electrons. The first kappa shape index (κ1) is 7.43. The molecule has 1 aromatic rings. The van der Waals surface area contributed by atoms with E-state index in [-0.39, 0.29) is 6.79 Å². The molecule has 0 N–H and O–H groups in total. The van der Waals surface area contributed by atoms with Crippen LogP contribution in [0, 0.1) is 0 Å². The summed E-state index contributed by atoms with van der Waals surface area (Å²) in [5.74, 6) is 1.16. The number of benzene rings is 1. The van der Waals surface area contributed by atoms with Gasteiger partial charge in [0, 0.05) is 11.6 Å². The number of fused-ring (bicyclic) bond motifs is 1. The van der Waals surface area contributed by atoms with Crippen molar-refractivity contribution in [1.29, 1.82) is 0 Å². The van der Waals surface area contributed by atoms with Crippen LogP contribution in [0.4, 0.5) is 0 Å². The van der Waals surface area contributed by atoms with Crippen LogP contribution in [0.1, 0.15) is 10.4 Å². The minimum Gasteiger partial charge on any atom is -0.454 e. The lowest BCUT2D eigenvalue weighted by Crippen LogP contribution is -1.92. The molecular weight excluding hydrogens is 180 g/mol. The van der Waals surface area contributed by atoms with Gasteiger partial charge in [0.15, 0.2) is 17.8 Å². The van der Waals surface area contributed by atoms with Crippen LogP contribution in [0.5, 0.6) is 11.5 Å². The molecule has 1 aromatic carbocycles. The lowest BCUT2D eigenvalue weighted by molar-refractivity contribution is 0.112. The fourth-order valence-electron chi connectivity index (χ4n) is 1.02. The lowest BCUT2D eigenvalue weighted by Gasteiger charge is -1.98. The number of halogens is 1. The molecule has 0 amide bonds. The summed E-state index contributed by atoms with van der Waals surface area (Å²) in [5.41, 5.74) is 0.418. The van der Waals surface area contributed by atoms with Crippen molar-refractivity contribution in [3.8, 4) is 11.5 Å². The summed E-state index contributed by atoms with van der Waals surface area (Å²) in [4.78, 5) is 10.4. The highest BCUT2D eigenvalue weighted by molar-refractivity contribution is 6.33. The summed E-state index contributed by atoms with van der Waals surface area (Å²) < 4.78 is 10.1. The van der Waals surface area contributed by atoms with Crippen LogP contribution in [-0.4, -0.2) is 13.1 Å². The van der Waals surface area contributed by atoms with Gasteiger partial charge in [-0.2, -0.15) is 0 Å². The van der Waals surface area contributed by atoms with Crippen LogP contribution in [0.15, 0.2) is 12.1 Å². The molecule has 0 bridgehead atoms. The Morgan fingerprint density at radius 3 is 2.67 bits per heavy atom. The molecule has 4 heteroatoms. The third kappa shape index (κ3) is 1.02. The van der Waals surface area contributed by atoms with E-state index in [4.69, 9.17) is 21.1 Å². The zero-order valence-corrected chi connectivity index (χ0v) is 6.80. The van der Waals surface area contributed by atoms with Crippen molar-refractivity contribution in [1.82, 2.24) is 0 Å². The first-order valence-electron chi connectivity index (χ1n) is 3.35. The summed E-state index contributed by atoms with van der Waals surface area (Å²) >= 11 is 5.74. The van der Waals surface area contributed by atoms with E-state index in [1.54, 1.807) is 12.1 Å². The molecule has 0 spiro atoms. The van der Waals surface area contributed by atoms with Gasteiger partial charge in [0.25, 0.3) is 0 Å². The highest BCUT2D eigenvalue weighted by Gasteiger charge is 2.15. The zero-order valence-electron chi connectivity index (χ0n) is 6.04. The average Bonchev–Trinajstić information content (AvgIpc) is 2.49.